The van der Waals surface area contributed by atoms with Crippen molar-refractivity contribution in [2.24, 2.45) is 17.8 Å². The van der Waals surface area contributed by atoms with Crippen LogP contribution >= 0.6 is 15.6 Å². The molecule has 5 atom stereocenters. The molecule has 0 aliphatic heterocycles. The van der Waals surface area contributed by atoms with E-state index < -0.39 is 97.5 Å². The maximum atomic E-state index is 13.1. The number of rotatable bonds is 71. The van der Waals surface area contributed by atoms with E-state index >= 15 is 0 Å². The van der Waals surface area contributed by atoms with Crippen LogP contribution in [0.4, 0.5) is 0 Å². The molecule has 19 heteroatoms. The monoisotopic (exact) mass is 1350 g/mol. The molecule has 17 nitrogen and oxygen atoms in total. The molecule has 0 aromatic heterocycles. The van der Waals surface area contributed by atoms with Crippen LogP contribution < -0.4 is 0 Å². The van der Waals surface area contributed by atoms with Crippen molar-refractivity contribution < 1.29 is 80.2 Å². The number of carbonyl (C=O) groups is 4. The number of phosphoric acid groups is 2. The molecule has 0 aliphatic carbocycles. The number of aliphatic hydroxyl groups excluding tert-OH is 1. The number of hydrogen-bond acceptors (Lipinski definition) is 15. The van der Waals surface area contributed by atoms with Gasteiger partial charge in [-0.3, -0.25) is 37.3 Å². The van der Waals surface area contributed by atoms with E-state index in [4.69, 9.17) is 37.0 Å². The van der Waals surface area contributed by atoms with Crippen molar-refractivity contribution in [2.75, 3.05) is 39.6 Å². The van der Waals surface area contributed by atoms with Gasteiger partial charge in [-0.1, -0.05) is 318 Å². The van der Waals surface area contributed by atoms with Crippen molar-refractivity contribution in [3.8, 4) is 0 Å². The SMILES string of the molecule is CCCCCCCCCCCCC(=O)OC[C@H](COP(=O)(O)OC[C@H](O)COP(=O)(O)OC[C@@H](COC(=O)CCCCCCCCCCCCCCCC(C)C)OC(=O)CCCCCCCCCCCCCCCC(C)C)OC(=O)CCCCCCCCCC(C)C. The lowest BCUT2D eigenvalue weighted by Crippen LogP contribution is -2.30. The van der Waals surface area contributed by atoms with Crippen LogP contribution in [0.1, 0.15) is 370 Å². The van der Waals surface area contributed by atoms with Gasteiger partial charge in [-0.2, -0.15) is 0 Å². The van der Waals surface area contributed by atoms with E-state index in [0.29, 0.717) is 31.6 Å². The van der Waals surface area contributed by atoms with E-state index in [1.807, 2.05) is 0 Å². The molecular weight excluding hydrogens is 1210 g/mol. The van der Waals surface area contributed by atoms with Crippen molar-refractivity contribution >= 4 is 39.5 Å². The highest BCUT2D eigenvalue weighted by atomic mass is 31.2. The molecule has 0 amide bonds. The van der Waals surface area contributed by atoms with Gasteiger partial charge < -0.3 is 33.8 Å². The first-order valence-corrected chi connectivity index (χ1v) is 40.8. The van der Waals surface area contributed by atoms with Crippen LogP contribution in [0.25, 0.3) is 0 Å². The molecule has 0 saturated carbocycles. The summed E-state index contributed by atoms with van der Waals surface area (Å²) in [5.74, 6) is 0.150. The van der Waals surface area contributed by atoms with Gasteiger partial charge in [0, 0.05) is 25.7 Å². The average Bonchev–Trinajstić information content (AvgIpc) is 3.41. The van der Waals surface area contributed by atoms with E-state index in [1.165, 1.54) is 180 Å². The second-order valence-electron chi connectivity index (χ2n) is 27.8. The standard InChI is InChI=1S/C73H142O17P2/c1-8-9-10-11-12-13-26-33-40-47-54-70(75)83-61-69(90-73(78)57-50-43-36-29-32-39-46-53-66(6)7)63-88-92(81,82)86-59-67(74)58-85-91(79,80)87-62-68(89-72(77)56-49-42-35-28-23-19-15-17-21-25-31-38-45-52-65(4)5)60-84-71(76)55-48-41-34-27-22-18-14-16-20-24-30-37-44-51-64(2)3/h64-69,74H,8-63H2,1-7H3,(H,79,80)(H,81,82)/t67-,68-,69-/m1/s1. The normalized spacial score (nSPS) is 14.1. The van der Waals surface area contributed by atoms with E-state index in [0.717, 1.165) is 102 Å². The molecule has 0 fully saturated rings. The summed E-state index contributed by atoms with van der Waals surface area (Å²) in [6.07, 6.45) is 48.6. The minimum absolute atomic E-state index is 0.103. The van der Waals surface area contributed by atoms with Gasteiger partial charge in [-0.25, -0.2) is 9.13 Å². The molecule has 2 unspecified atom stereocenters. The Labute approximate surface area is 562 Å². The Balaban J connectivity index is 5.23. The van der Waals surface area contributed by atoms with E-state index in [9.17, 15) is 43.2 Å². The number of phosphoric ester groups is 2. The third kappa shape index (κ3) is 66.7. The van der Waals surface area contributed by atoms with Crippen molar-refractivity contribution in [3.05, 3.63) is 0 Å². The minimum Gasteiger partial charge on any atom is -0.462 e. The maximum Gasteiger partial charge on any atom is 0.472 e. The number of unbranched alkanes of at least 4 members (excludes halogenated alkanes) is 39. The van der Waals surface area contributed by atoms with Gasteiger partial charge in [0.2, 0.25) is 0 Å². The zero-order valence-electron chi connectivity index (χ0n) is 60.0. The summed E-state index contributed by atoms with van der Waals surface area (Å²) in [5.41, 5.74) is 0. The Bertz CT molecular complexity index is 1800. The third-order valence-electron chi connectivity index (χ3n) is 16.9. The Kier molecular flexibility index (Phi) is 62.4. The quantitative estimate of drug-likeness (QED) is 0.0222. The highest BCUT2D eigenvalue weighted by molar-refractivity contribution is 7.47. The molecule has 0 saturated heterocycles. The molecule has 0 aliphatic rings. The first kappa shape index (κ1) is 90.1. The number of hydrogen-bond donors (Lipinski definition) is 3. The summed E-state index contributed by atoms with van der Waals surface area (Å²) in [6, 6.07) is 0. The summed E-state index contributed by atoms with van der Waals surface area (Å²) in [7, 11) is -9.90. The van der Waals surface area contributed by atoms with Crippen LogP contribution in [-0.2, 0) is 65.4 Å². The van der Waals surface area contributed by atoms with Crippen molar-refractivity contribution in [3.63, 3.8) is 0 Å². The lowest BCUT2D eigenvalue weighted by atomic mass is 10.0. The highest BCUT2D eigenvalue weighted by Gasteiger charge is 2.30. The summed E-state index contributed by atoms with van der Waals surface area (Å²) >= 11 is 0. The fourth-order valence-electron chi connectivity index (χ4n) is 11.1. The van der Waals surface area contributed by atoms with E-state index in [2.05, 4.69) is 48.5 Å². The zero-order valence-corrected chi connectivity index (χ0v) is 61.8. The first-order chi connectivity index (χ1) is 44.2. The summed E-state index contributed by atoms with van der Waals surface area (Å²) < 4.78 is 68.4. The molecule has 0 heterocycles. The van der Waals surface area contributed by atoms with Crippen molar-refractivity contribution in [1.82, 2.24) is 0 Å². The average molecular weight is 1350 g/mol. The second-order valence-corrected chi connectivity index (χ2v) is 30.7. The highest BCUT2D eigenvalue weighted by Crippen LogP contribution is 2.45. The van der Waals surface area contributed by atoms with Gasteiger partial charge in [0.15, 0.2) is 12.2 Å². The fourth-order valence-corrected chi connectivity index (χ4v) is 12.7. The predicted octanol–water partition coefficient (Wildman–Crippen LogP) is 21.0. The Morgan fingerprint density at radius 3 is 0.739 bits per heavy atom. The van der Waals surface area contributed by atoms with Gasteiger partial charge in [-0.05, 0) is 43.4 Å². The van der Waals surface area contributed by atoms with Crippen LogP contribution in [0.15, 0.2) is 0 Å². The summed E-state index contributed by atoms with van der Waals surface area (Å²) in [5, 5.41) is 10.6. The van der Waals surface area contributed by atoms with Crippen LogP contribution in [0.2, 0.25) is 0 Å². The van der Waals surface area contributed by atoms with E-state index in [-0.39, 0.29) is 25.7 Å². The molecule has 0 spiro atoms. The topological polar surface area (TPSA) is 237 Å². The molecule has 0 aromatic carbocycles. The molecule has 546 valence electrons. The molecule has 0 bridgehead atoms. The molecule has 92 heavy (non-hydrogen) atoms. The van der Waals surface area contributed by atoms with Gasteiger partial charge in [0.05, 0.1) is 26.4 Å². The lowest BCUT2D eigenvalue weighted by Gasteiger charge is -2.21. The van der Waals surface area contributed by atoms with Crippen LogP contribution in [-0.4, -0.2) is 96.7 Å². The van der Waals surface area contributed by atoms with Gasteiger partial charge in [0.25, 0.3) is 0 Å². The van der Waals surface area contributed by atoms with Gasteiger partial charge in [-0.15, -0.1) is 0 Å². The van der Waals surface area contributed by atoms with Gasteiger partial charge >= 0.3 is 39.5 Å². The molecule has 0 rings (SSSR count). The number of carbonyl (C=O) groups excluding carboxylic acids is 4. The smallest absolute Gasteiger partial charge is 0.462 e. The molecular formula is C73H142O17P2. The summed E-state index contributed by atoms with van der Waals surface area (Å²) in [4.78, 5) is 72.6. The van der Waals surface area contributed by atoms with Crippen LogP contribution in [0.3, 0.4) is 0 Å². The zero-order chi connectivity index (χ0) is 68.0. The largest absolute Gasteiger partial charge is 0.472 e. The van der Waals surface area contributed by atoms with Gasteiger partial charge in [0.1, 0.15) is 19.3 Å². The summed E-state index contributed by atoms with van der Waals surface area (Å²) in [6.45, 7) is 11.8. The fraction of sp³-hybridized carbons (Fsp3) is 0.945. The number of ether oxygens (including phenoxy) is 4. The number of aliphatic hydroxyl groups is 1. The first-order valence-electron chi connectivity index (χ1n) is 37.8. The second kappa shape index (κ2) is 63.8. The molecule has 0 aromatic rings. The van der Waals surface area contributed by atoms with Crippen LogP contribution in [0.5, 0.6) is 0 Å². The van der Waals surface area contributed by atoms with Crippen LogP contribution in [0, 0.1) is 17.8 Å². The van der Waals surface area contributed by atoms with Crippen molar-refractivity contribution in [1.29, 1.82) is 0 Å². The minimum atomic E-state index is -4.96. The maximum absolute atomic E-state index is 13.1. The van der Waals surface area contributed by atoms with E-state index in [1.54, 1.807) is 0 Å². The third-order valence-corrected chi connectivity index (χ3v) is 18.8. The molecule has 0 radical (unpaired) electrons. The molecule has 3 N–H and O–H groups in total. The Hall–Kier alpha value is -1.94. The Morgan fingerprint density at radius 2 is 0.500 bits per heavy atom. The lowest BCUT2D eigenvalue weighted by molar-refractivity contribution is -0.161. The Morgan fingerprint density at radius 1 is 0.293 bits per heavy atom. The predicted molar refractivity (Wildman–Crippen MR) is 372 cm³/mol. The number of esters is 4. The van der Waals surface area contributed by atoms with Crippen molar-refractivity contribution in [2.45, 2.75) is 388 Å².